The fourth-order valence-electron chi connectivity index (χ4n) is 3.15. The fourth-order valence-corrected chi connectivity index (χ4v) is 3.15. The van der Waals surface area contributed by atoms with E-state index < -0.39 is 0 Å². The lowest BCUT2D eigenvalue weighted by Gasteiger charge is -2.32. The van der Waals surface area contributed by atoms with Gasteiger partial charge in [-0.05, 0) is 32.1 Å². The zero-order valence-corrected chi connectivity index (χ0v) is 13.5. The molecule has 6 nitrogen and oxygen atoms in total. The van der Waals surface area contributed by atoms with Crippen molar-refractivity contribution in [3.8, 4) is 0 Å². The third-order valence-electron chi connectivity index (χ3n) is 4.80. The average molecular weight is 307 g/mol. The first-order valence-corrected chi connectivity index (χ1v) is 8.43. The molecule has 2 fully saturated rings. The van der Waals surface area contributed by atoms with Gasteiger partial charge in [0.05, 0.1) is 5.92 Å². The molecule has 1 amide bonds. The number of ether oxygens (including phenoxy) is 1. The van der Waals surface area contributed by atoms with E-state index in [0.717, 1.165) is 44.5 Å². The Morgan fingerprint density at radius 1 is 1.41 bits per heavy atom. The van der Waals surface area contributed by atoms with E-state index in [2.05, 4.69) is 24.0 Å². The highest BCUT2D eigenvalue weighted by molar-refractivity contribution is 5.81. The Morgan fingerprint density at radius 2 is 2.27 bits per heavy atom. The Hall–Kier alpha value is -1.43. The summed E-state index contributed by atoms with van der Waals surface area (Å²) >= 11 is 0. The fraction of sp³-hybridized carbons (Fsp3) is 0.812. The largest absolute Gasteiger partial charge is 0.368 e. The van der Waals surface area contributed by atoms with Crippen LogP contribution in [0, 0.1) is 0 Å². The topological polar surface area (TPSA) is 68.5 Å². The first kappa shape index (κ1) is 15.5. The molecule has 3 atom stereocenters. The molecule has 2 saturated heterocycles. The number of likely N-dealkylation sites (tertiary alicyclic amines) is 1. The van der Waals surface area contributed by atoms with Gasteiger partial charge in [0, 0.05) is 25.6 Å². The van der Waals surface area contributed by atoms with Crippen molar-refractivity contribution in [2.75, 3.05) is 19.7 Å². The van der Waals surface area contributed by atoms with Crippen molar-refractivity contribution >= 4 is 5.91 Å². The summed E-state index contributed by atoms with van der Waals surface area (Å²) in [6.07, 6.45) is 4.56. The summed E-state index contributed by atoms with van der Waals surface area (Å²) in [5.41, 5.74) is 0. The van der Waals surface area contributed by atoms with Crippen molar-refractivity contribution < 1.29 is 14.1 Å². The molecular formula is C16H25N3O3. The van der Waals surface area contributed by atoms with Gasteiger partial charge in [-0.1, -0.05) is 19.0 Å². The normalized spacial score (nSPS) is 27.1. The highest BCUT2D eigenvalue weighted by Gasteiger charge is 2.33. The molecule has 0 radical (unpaired) electrons. The van der Waals surface area contributed by atoms with Crippen molar-refractivity contribution in [3.05, 3.63) is 11.7 Å². The van der Waals surface area contributed by atoms with Gasteiger partial charge in [0.1, 0.15) is 6.10 Å². The van der Waals surface area contributed by atoms with Crippen LogP contribution >= 0.6 is 0 Å². The number of piperidine rings is 1. The Labute approximate surface area is 131 Å². The molecule has 1 aromatic heterocycles. The van der Waals surface area contributed by atoms with Crippen LogP contribution in [0.4, 0.5) is 0 Å². The van der Waals surface area contributed by atoms with Gasteiger partial charge in [0.25, 0.3) is 5.91 Å². The zero-order chi connectivity index (χ0) is 15.5. The van der Waals surface area contributed by atoms with Gasteiger partial charge in [0.2, 0.25) is 5.89 Å². The Bertz CT molecular complexity index is 510. The Balaban J connectivity index is 1.65. The molecule has 0 bridgehead atoms. The van der Waals surface area contributed by atoms with E-state index >= 15 is 0 Å². The third kappa shape index (κ3) is 3.16. The van der Waals surface area contributed by atoms with Crippen LogP contribution in [0.5, 0.6) is 0 Å². The summed E-state index contributed by atoms with van der Waals surface area (Å²) in [6, 6.07) is 0. The van der Waals surface area contributed by atoms with Crippen LogP contribution in [0.3, 0.4) is 0 Å². The van der Waals surface area contributed by atoms with Crippen molar-refractivity contribution in [2.45, 2.75) is 63.9 Å². The maximum absolute atomic E-state index is 12.5. The summed E-state index contributed by atoms with van der Waals surface area (Å²) in [5.74, 6) is 2.05. The van der Waals surface area contributed by atoms with E-state index in [9.17, 15) is 4.79 Å². The molecule has 6 heteroatoms. The molecule has 0 aliphatic carbocycles. The van der Waals surface area contributed by atoms with E-state index in [0.29, 0.717) is 25.0 Å². The highest BCUT2D eigenvalue weighted by Crippen LogP contribution is 2.28. The van der Waals surface area contributed by atoms with Gasteiger partial charge in [-0.25, -0.2) is 0 Å². The van der Waals surface area contributed by atoms with Gasteiger partial charge in [-0.3, -0.25) is 4.79 Å². The molecule has 2 aliphatic rings. The second-order valence-corrected chi connectivity index (χ2v) is 6.43. The highest BCUT2D eigenvalue weighted by atomic mass is 16.5. The number of rotatable bonds is 4. The lowest BCUT2D eigenvalue weighted by atomic mass is 9.97. The average Bonchev–Trinajstić information content (AvgIpc) is 3.25. The van der Waals surface area contributed by atoms with Crippen molar-refractivity contribution in [1.82, 2.24) is 15.0 Å². The Morgan fingerprint density at radius 3 is 3.00 bits per heavy atom. The quantitative estimate of drug-likeness (QED) is 0.854. The Kier molecular flexibility index (Phi) is 4.76. The van der Waals surface area contributed by atoms with Crippen molar-refractivity contribution in [1.29, 1.82) is 0 Å². The minimum absolute atomic E-state index is 0.129. The van der Waals surface area contributed by atoms with E-state index in [-0.39, 0.29) is 17.9 Å². The molecule has 1 aromatic rings. The minimum Gasteiger partial charge on any atom is -0.368 e. The van der Waals surface area contributed by atoms with Gasteiger partial charge >= 0.3 is 0 Å². The van der Waals surface area contributed by atoms with E-state index in [4.69, 9.17) is 9.26 Å². The predicted octanol–water partition coefficient (Wildman–Crippen LogP) is 2.47. The van der Waals surface area contributed by atoms with E-state index in [1.165, 1.54) is 0 Å². The molecule has 0 saturated carbocycles. The van der Waals surface area contributed by atoms with Gasteiger partial charge < -0.3 is 14.2 Å². The number of carbonyl (C=O) groups is 1. The molecule has 22 heavy (non-hydrogen) atoms. The molecule has 0 aromatic carbocycles. The molecular weight excluding hydrogens is 282 g/mol. The summed E-state index contributed by atoms with van der Waals surface area (Å²) in [6.45, 7) is 6.39. The number of aromatic nitrogens is 2. The van der Waals surface area contributed by atoms with E-state index in [1.54, 1.807) is 0 Å². The van der Waals surface area contributed by atoms with Gasteiger partial charge in [-0.2, -0.15) is 4.98 Å². The molecule has 3 heterocycles. The number of carbonyl (C=O) groups excluding carboxylic acids is 1. The van der Waals surface area contributed by atoms with Crippen LogP contribution in [0.25, 0.3) is 0 Å². The first-order chi connectivity index (χ1) is 10.7. The number of hydrogen-bond donors (Lipinski definition) is 0. The second-order valence-electron chi connectivity index (χ2n) is 6.43. The van der Waals surface area contributed by atoms with E-state index in [1.807, 2.05) is 4.90 Å². The summed E-state index contributed by atoms with van der Waals surface area (Å²) in [5, 5.41) is 4.10. The van der Waals surface area contributed by atoms with Crippen LogP contribution < -0.4 is 0 Å². The zero-order valence-electron chi connectivity index (χ0n) is 13.5. The van der Waals surface area contributed by atoms with Crippen LogP contribution in [-0.4, -0.2) is 46.7 Å². The number of nitrogens with zero attached hydrogens (tertiary/aromatic N) is 3. The lowest BCUT2D eigenvalue weighted by Crippen LogP contribution is -2.44. The SMILES string of the molecule is CC[C@H](C)c1noc([C@@H]2CCCN(C(=O)[C@@H]3CCCO3)C2)n1. The van der Waals surface area contributed by atoms with Crippen molar-refractivity contribution in [2.24, 2.45) is 0 Å². The minimum atomic E-state index is -0.239. The maximum atomic E-state index is 12.5. The van der Waals surface area contributed by atoms with Crippen molar-refractivity contribution in [3.63, 3.8) is 0 Å². The molecule has 0 N–H and O–H groups in total. The lowest BCUT2D eigenvalue weighted by molar-refractivity contribution is -0.142. The van der Waals surface area contributed by atoms with Crippen LogP contribution in [0.15, 0.2) is 4.52 Å². The molecule has 0 spiro atoms. The second kappa shape index (κ2) is 6.77. The maximum Gasteiger partial charge on any atom is 0.251 e. The van der Waals surface area contributed by atoms with Gasteiger partial charge in [-0.15, -0.1) is 0 Å². The predicted molar refractivity (Wildman–Crippen MR) is 80.5 cm³/mol. The molecule has 2 aliphatic heterocycles. The monoisotopic (exact) mass is 307 g/mol. The number of amides is 1. The van der Waals surface area contributed by atoms with Crippen LogP contribution in [0.2, 0.25) is 0 Å². The molecule has 3 rings (SSSR count). The summed E-state index contributed by atoms with van der Waals surface area (Å²) < 4.78 is 11.0. The smallest absolute Gasteiger partial charge is 0.251 e. The molecule has 0 unspecified atom stereocenters. The standard InChI is InChI=1S/C16H25N3O3/c1-3-11(2)14-17-15(22-18-14)12-6-4-8-19(10-12)16(20)13-7-5-9-21-13/h11-13H,3-10H2,1-2H3/t11-,12+,13-/m0/s1. The molecule has 122 valence electrons. The summed E-state index contributed by atoms with van der Waals surface area (Å²) in [4.78, 5) is 18.9. The van der Waals surface area contributed by atoms with Gasteiger partial charge in [0.15, 0.2) is 5.82 Å². The third-order valence-corrected chi connectivity index (χ3v) is 4.80. The van der Waals surface area contributed by atoms with Crippen LogP contribution in [0.1, 0.15) is 69.5 Å². The number of hydrogen-bond acceptors (Lipinski definition) is 5. The summed E-state index contributed by atoms with van der Waals surface area (Å²) in [7, 11) is 0. The first-order valence-electron chi connectivity index (χ1n) is 8.43. The van der Waals surface area contributed by atoms with Crippen LogP contribution in [-0.2, 0) is 9.53 Å².